The lowest BCUT2D eigenvalue weighted by Gasteiger charge is -2.22. The average molecular weight is 241 g/mol. The van der Waals surface area contributed by atoms with Crippen molar-refractivity contribution in [3.05, 3.63) is 23.8 Å². The molecule has 0 aromatic heterocycles. The van der Waals surface area contributed by atoms with E-state index in [1.807, 2.05) is 6.07 Å². The van der Waals surface area contributed by atoms with Gasteiger partial charge in [0.2, 0.25) is 0 Å². The van der Waals surface area contributed by atoms with E-state index in [0.717, 1.165) is 5.56 Å². The van der Waals surface area contributed by atoms with Crippen molar-refractivity contribution >= 4 is 37.5 Å². The minimum atomic E-state index is -1.38. The van der Waals surface area contributed by atoms with Crippen LogP contribution in [0, 0.1) is 0 Å². The number of rotatable bonds is 2. The van der Waals surface area contributed by atoms with Crippen LogP contribution in [0.2, 0.25) is 0 Å². The summed E-state index contributed by atoms with van der Waals surface area (Å²) in [5.41, 5.74) is 10.5. The number of phenols is 1. The SMILES string of the molecule is Nc1c(O)cccc1CS1(S)C=NN=C1. The fraction of sp³-hybridized carbons (Fsp3) is 0.111. The quantitative estimate of drug-likeness (QED) is 0.321. The van der Waals surface area contributed by atoms with Crippen molar-refractivity contribution in [2.75, 3.05) is 5.73 Å². The fourth-order valence-electron chi connectivity index (χ4n) is 1.29. The van der Waals surface area contributed by atoms with Crippen LogP contribution < -0.4 is 5.73 Å². The van der Waals surface area contributed by atoms with Crippen molar-refractivity contribution in [3.8, 4) is 5.75 Å². The first-order chi connectivity index (χ1) is 7.11. The lowest BCUT2D eigenvalue weighted by molar-refractivity contribution is 0.477. The van der Waals surface area contributed by atoms with Crippen molar-refractivity contribution in [2.24, 2.45) is 10.2 Å². The standard InChI is InChI=1S/C9H11N3OS2/c10-9-7(2-1-3-8(9)13)4-15(14)5-11-12-6-15/h1-3,5-6,13-14H,4,10H2. The first-order valence-electron chi connectivity index (χ1n) is 4.27. The largest absolute Gasteiger partial charge is 0.506 e. The summed E-state index contributed by atoms with van der Waals surface area (Å²) >= 11 is 4.52. The van der Waals surface area contributed by atoms with Crippen LogP contribution in [0.4, 0.5) is 5.69 Å². The molecule has 1 aliphatic rings. The second-order valence-corrected chi connectivity index (χ2v) is 7.61. The maximum atomic E-state index is 9.45. The second kappa shape index (κ2) is 3.79. The number of benzene rings is 1. The number of hydrogen-bond acceptors (Lipinski definition) is 5. The van der Waals surface area contributed by atoms with Gasteiger partial charge in [-0.15, -0.1) is 20.7 Å². The molecule has 0 saturated carbocycles. The molecule has 6 heteroatoms. The predicted molar refractivity (Wildman–Crippen MR) is 69.8 cm³/mol. The third-order valence-electron chi connectivity index (χ3n) is 2.09. The van der Waals surface area contributed by atoms with Gasteiger partial charge in [0.15, 0.2) is 0 Å². The van der Waals surface area contributed by atoms with Crippen LogP contribution in [0.3, 0.4) is 0 Å². The Bertz CT molecular complexity index is 433. The topological polar surface area (TPSA) is 71.0 Å². The highest BCUT2D eigenvalue weighted by atomic mass is 33.1. The molecule has 1 aliphatic heterocycles. The van der Waals surface area contributed by atoms with E-state index in [1.165, 1.54) is 0 Å². The Kier molecular flexibility index (Phi) is 2.62. The molecule has 0 fully saturated rings. The van der Waals surface area contributed by atoms with Gasteiger partial charge in [-0.1, -0.05) is 12.1 Å². The molecule has 2 rings (SSSR count). The third kappa shape index (κ3) is 2.10. The smallest absolute Gasteiger partial charge is 0.138 e. The van der Waals surface area contributed by atoms with Crippen LogP contribution in [0.25, 0.3) is 0 Å². The zero-order valence-corrected chi connectivity index (χ0v) is 9.58. The zero-order valence-electron chi connectivity index (χ0n) is 7.87. The van der Waals surface area contributed by atoms with Crippen LogP contribution in [0.5, 0.6) is 5.75 Å². The van der Waals surface area contributed by atoms with E-state index in [2.05, 4.69) is 21.9 Å². The number of thiol groups is 1. The lowest BCUT2D eigenvalue weighted by Crippen LogP contribution is -2.00. The Morgan fingerprint density at radius 1 is 1.33 bits per heavy atom. The van der Waals surface area contributed by atoms with Crippen molar-refractivity contribution in [2.45, 2.75) is 5.75 Å². The minimum Gasteiger partial charge on any atom is -0.506 e. The molecule has 15 heavy (non-hydrogen) atoms. The molecule has 0 spiro atoms. The van der Waals surface area contributed by atoms with Gasteiger partial charge < -0.3 is 10.8 Å². The molecule has 4 nitrogen and oxygen atoms in total. The van der Waals surface area contributed by atoms with E-state index in [9.17, 15) is 5.11 Å². The van der Waals surface area contributed by atoms with Gasteiger partial charge in [-0.05, 0) is 11.6 Å². The average Bonchev–Trinajstić information content (AvgIpc) is 2.60. The summed E-state index contributed by atoms with van der Waals surface area (Å²) in [7, 11) is -1.38. The molecule has 80 valence electrons. The van der Waals surface area contributed by atoms with Gasteiger partial charge in [0.1, 0.15) is 5.75 Å². The molecule has 0 radical (unpaired) electrons. The van der Waals surface area contributed by atoms with E-state index in [4.69, 9.17) is 5.73 Å². The van der Waals surface area contributed by atoms with Crippen molar-refractivity contribution in [1.29, 1.82) is 0 Å². The molecule has 1 heterocycles. The molecular formula is C9H11N3OS2. The molecule has 0 unspecified atom stereocenters. The maximum Gasteiger partial charge on any atom is 0.138 e. The highest BCUT2D eigenvalue weighted by Gasteiger charge is 2.20. The van der Waals surface area contributed by atoms with Crippen molar-refractivity contribution in [3.63, 3.8) is 0 Å². The summed E-state index contributed by atoms with van der Waals surface area (Å²) in [6.07, 6.45) is 0. The molecule has 0 saturated heterocycles. The molecule has 0 atom stereocenters. The normalized spacial score (nSPS) is 19.3. The molecule has 0 aliphatic carbocycles. The van der Waals surface area contributed by atoms with Crippen LogP contribution in [0.1, 0.15) is 5.56 Å². The summed E-state index contributed by atoms with van der Waals surface area (Å²) in [5.74, 6) is 0.749. The van der Waals surface area contributed by atoms with Crippen molar-refractivity contribution < 1.29 is 5.11 Å². The second-order valence-electron chi connectivity index (χ2n) is 3.25. The summed E-state index contributed by atoms with van der Waals surface area (Å²) < 4.78 is 0. The highest BCUT2D eigenvalue weighted by molar-refractivity contribution is 8.98. The molecule has 0 amide bonds. The first-order valence-corrected chi connectivity index (χ1v) is 7.25. The van der Waals surface area contributed by atoms with Crippen LogP contribution in [-0.2, 0) is 5.75 Å². The Balaban J connectivity index is 2.28. The summed E-state index contributed by atoms with van der Waals surface area (Å²) in [6, 6.07) is 5.21. The van der Waals surface area contributed by atoms with Crippen LogP contribution >= 0.6 is 20.7 Å². The lowest BCUT2D eigenvalue weighted by atomic mass is 10.2. The van der Waals surface area contributed by atoms with Crippen LogP contribution in [-0.4, -0.2) is 16.2 Å². The van der Waals surface area contributed by atoms with Crippen LogP contribution in [0.15, 0.2) is 28.4 Å². The molecular weight excluding hydrogens is 230 g/mol. The number of nitrogens with zero attached hydrogens (tertiary/aromatic N) is 2. The number of anilines is 1. The van der Waals surface area contributed by atoms with Gasteiger partial charge in [0.25, 0.3) is 0 Å². The predicted octanol–water partition coefficient (Wildman–Crippen LogP) is 2.11. The number of hydrogen-bond donors (Lipinski definition) is 3. The minimum absolute atomic E-state index is 0.107. The maximum absolute atomic E-state index is 9.45. The van der Waals surface area contributed by atoms with Gasteiger partial charge in [0, 0.05) is 5.75 Å². The summed E-state index contributed by atoms with van der Waals surface area (Å²) in [4.78, 5) is 0. The van der Waals surface area contributed by atoms with Gasteiger partial charge in [0.05, 0.1) is 16.8 Å². The molecule has 1 aromatic carbocycles. The Hall–Kier alpha value is -1.14. The number of para-hydroxylation sites is 1. The Morgan fingerprint density at radius 3 is 2.67 bits per heavy atom. The number of phenolic OH excluding ortho intramolecular Hbond substituents is 1. The molecule has 0 bridgehead atoms. The monoisotopic (exact) mass is 241 g/mol. The summed E-state index contributed by atoms with van der Waals surface area (Å²) in [6.45, 7) is 0. The van der Waals surface area contributed by atoms with Gasteiger partial charge in [-0.3, -0.25) is 0 Å². The highest BCUT2D eigenvalue weighted by Crippen LogP contribution is 2.53. The van der Waals surface area contributed by atoms with Gasteiger partial charge in [-0.2, -0.15) is 10.2 Å². The zero-order chi connectivity index (χ0) is 10.9. The fourth-order valence-corrected chi connectivity index (χ4v) is 3.35. The molecule has 1 aromatic rings. The van der Waals surface area contributed by atoms with Gasteiger partial charge >= 0.3 is 0 Å². The number of aromatic hydroxyl groups is 1. The van der Waals surface area contributed by atoms with E-state index in [-0.39, 0.29) is 5.75 Å². The Morgan fingerprint density at radius 2 is 2.00 bits per heavy atom. The number of nitrogens with two attached hydrogens (primary N) is 1. The Labute approximate surface area is 94.0 Å². The van der Waals surface area contributed by atoms with E-state index in [1.54, 1.807) is 23.2 Å². The first kappa shape index (κ1) is 10.4. The van der Waals surface area contributed by atoms with Gasteiger partial charge in [-0.25, -0.2) is 0 Å². The summed E-state index contributed by atoms with van der Waals surface area (Å²) in [5, 5.41) is 17.0. The third-order valence-corrected chi connectivity index (χ3v) is 4.73. The van der Waals surface area contributed by atoms with E-state index in [0.29, 0.717) is 11.4 Å². The molecule has 3 N–H and O–H groups in total. The van der Waals surface area contributed by atoms with E-state index < -0.39 is 9.06 Å². The number of nitrogen functional groups attached to an aromatic ring is 1. The van der Waals surface area contributed by atoms with Crippen molar-refractivity contribution in [1.82, 2.24) is 0 Å². The van der Waals surface area contributed by atoms with E-state index >= 15 is 0 Å².